The van der Waals surface area contributed by atoms with E-state index in [1.54, 1.807) is 12.1 Å². The predicted octanol–water partition coefficient (Wildman–Crippen LogP) is 3.82. The lowest BCUT2D eigenvalue weighted by Crippen LogP contribution is -2.10. The van der Waals surface area contributed by atoms with Gasteiger partial charge in [0.1, 0.15) is 16.5 Å². The van der Waals surface area contributed by atoms with Gasteiger partial charge in [-0.25, -0.2) is 0 Å². The van der Waals surface area contributed by atoms with Crippen LogP contribution in [0.25, 0.3) is 0 Å². The molecule has 0 aromatic heterocycles. The fourth-order valence-electron chi connectivity index (χ4n) is 1.71. The average Bonchev–Trinajstić information content (AvgIpc) is 2.49. The van der Waals surface area contributed by atoms with Gasteiger partial charge in [-0.05, 0) is 36.4 Å². The van der Waals surface area contributed by atoms with Gasteiger partial charge in [0.15, 0.2) is 0 Å². The first kappa shape index (κ1) is 15.6. The molecule has 0 saturated carbocycles. The van der Waals surface area contributed by atoms with Crippen molar-refractivity contribution in [3.8, 4) is 11.5 Å². The molecule has 0 unspecified atom stereocenters. The summed E-state index contributed by atoms with van der Waals surface area (Å²) in [5, 5.41) is 0.698. The number of ether oxygens (including phenoxy) is 2. The molecular weight excluding hydrogens is 306 g/mol. The summed E-state index contributed by atoms with van der Waals surface area (Å²) in [7, 11) is 0. The molecular formula is C16H16ClNO2S. The van der Waals surface area contributed by atoms with Crippen LogP contribution in [0.3, 0.4) is 0 Å². The third-order valence-electron chi connectivity index (χ3n) is 2.76. The molecule has 2 aromatic carbocycles. The summed E-state index contributed by atoms with van der Waals surface area (Å²) in [6, 6.07) is 14.7. The summed E-state index contributed by atoms with van der Waals surface area (Å²) < 4.78 is 11.2. The molecule has 0 amide bonds. The largest absolute Gasteiger partial charge is 0.493 e. The second-order valence-corrected chi connectivity index (χ2v) is 5.27. The second kappa shape index (κ2) is 7.86. The van der Waals surface area contributed by atoms with E-state index in [0.29, 0.717) is 23.2 Å². The molecule has 0 aliphatic heterocycles. The van der Waals surface area contributed by atoms with Crippen molar-refractivity contribution in [1.82, 2.24) is 0 Å². The van der Waals surface area contributed by atoms with Gasteiger partial charge < -0.3 is 15.2 Å². The molecule has 3 nitrogen and oxygen atoms in total. The third-order valence-corrected chi connectivity index (χ3v) is 3.25. The van der Waals surface area contributed by atoms with Gasteiger partial charge in [-0.2, -0.15) is 0 Å². The maximum absolute atomic E-state index is 5.80. The zero-order chi connectivity index (χ0) is 15.1. The standard InChI is InChI=1S/C16H16ClNO2S/c17-13-5-7-14(8-6-13)19-9-2-10-20-15-4-1-3-12(11-15)16(18)21/h1,3-8,11H,2,9-10H2,(H2,18,21). The normalized spacial score (nSPS) is 10.1. The van der Waals surface area contributed by atoms with Crippen LogP contribution < -0.4 is 15.2 Å². The Kier molecular flexibility index (Phi) is 5.84. The number of hydrogen-bond donors (Lipinski definition) is 1. The van der Waals surface area contributed by atoms with E-state index in [1.807, 2.05) is 36.4 Å². The third kappa shape index (κ3) is 5.25. The zero-order valence-electron chi connectivity index (χ0n) is 11.4. The van der Waals surface area contributed by atoms with Gasteiger partial charge in [-0.3, -0.25) is 0 Å². The van der Waals surface area contributed by atoms with Crippen molar-refractivity contribution in [1.29, 1.82) is 0 Å². The monoisotopic (exact) mass is 321 g/mol. The van der Waals surface area contributed by atoms with Crippen molar-refractivity contribution in [2.24, 2.45) is 5.73 Å². The SMILES string of the molecule is NC(=S)c1cccc(OCCCOc2ccc(Cl)cc2)c1. The molecule has 0 saturated heterocycles. The van der Waals surface area contributed by atoms with Crippen LogP contribution in [0.1, 0.15) is 12.0 Å². The summed E-state index contributed by atoms with van der Waals surface area (Å²) >= 11 is 10.7. The van der Waals surface area contributed by atoms with E-state index < -0.39 is 0 Å². The Labute approximate surface area is 134 Å². The first-order valence-corrected chi connectivity index (χ1v) is 7.35. The van der Waals surface area contributed by atoms with Gasteiger partial charge in [-0.15, -0.1) is 0 Å². The van der Waals surface area contributed by atoms with Crippen molar-refractivity contribution < 1.29 is 9.47 Å². The fraction of sp³-hybridized carbons (Fsp3) is 0.188. The van der Waals surface area contributed by atoms with Crippen LogP contribution in [0.15, 0.2) is 48.5 Å². The van der Waals surface area contributed by atoms with Gasteiger partial charge in [-0.1, -0.05) is 36.0 Å². The van der Waals surface area contributed by atoms with Crippen molar-refractivity contribution >= 4 is 28.8 Å². The van der Waals surface area contributed by atoms with Crippen LogP contribution in [-0.2, 0) is 0 Å². The molecule has 2 aromatic rings. The fourth-order valence-corrected chi connectivity index (χ4v) is 1.96. The van der Waals surface area contributed by atoms with Crippen LogP contribution in [0, 0.1) is 0 Å². The lowest BCUT2D eigenvalue weighted by Gasteiger charge is -2.09. The van der Waals surface area contributed by atoms with Crippen LogP contribution in [0.2, 0.25) is 5.02 Å². The number of halogens is 1. The highest BCUT2D eigenvalue weighted by molar-refractivity contribution is 7.80. The van der Waals surface area contributed by atoms with Gasteiger partial charge in [0, 0.05) is 17.0 Å². The van der Waals surface area contributed by atoms with Crippen molar-refractivity contribution in [3.05, 3.63) is 59.1 Å². The Balaban J connectivity index is 1.71. The first-order valence-electron chi connectivity index (χ1n) is 6.56. The van der Waals surface area contributed by atoms with Crippen LogP contribution in [0.5, 0.6) is 11.5 Å². The highest BCUT2D eigenvalue weighted by Crippen LogP contribution is 2.16. The molecule has 2 rings (SSSR count). The summed E-state index contributed by atoms with van der Waals surface area (Å²) in [6.45, 7) is 1.14. The van der Waals surface area contributed by atoms with E-state index in [9.17, 15) is 0 Å². The molecule has 0 heterocycles. The Morgan fingerprint density at radius 1 is 1.00 bits per heavy atom. The molecule has 0 radical (unpaired) electrons. The number of hydrogen-bond acceptors (Lipinski definition) is 3. The molecule has 21 heavy (non-hydrogen) atoms. The molecule has 0 aliphatic rings. The maximum atomic E-state index is 5.80. The average molecular weight is 322 g/mol. The van der Waals surface area contributed by atoms with E-state index in [4.69, 9.17) is 39.0 Å². The van der Waals surface area contributed by atoms with Crippen LogP contribution >= 0.6 is 23.8 Å². The van der Waals surface area contributed by atoms with E-state index in [-0.39, 0.29) is 0 Å². The van der Waals surface area contributed by atoms with Crippen molar-refractivity contribution in [3.63, 3.8) is 0 Å². The lowest BCUT2D eigenvalue weighted by molar-refractivity contribution is 0.247. The highest BCUT2D eigenvalue weighted by Gasteiger charge is 1.99. The van der Waals surface area contributed by atoms with E-state index in [0.717, 1.165) is 23.5 Å². The van der Waals surface area contributed by atoms with Crippen LogP contribution in [-0.4, -0.2) is 18.2 Å². The predicted molar refractivity (Wildman–Crippen MR) is 89.4 cm³/mol. The number of benzene rings is 2. The van der Waals surface area contributed by atoms with Gasteiger partial charge in [0.2, 0.25) is 0 Å². The molecule has 0 aliphatic carbocycles. The minimum Gasteiger partial charge on any atom is -0.493 e. The van der Waals surface area contributed by atoms with E-state index >= 15 is 0 Å². The number of thiocarbonyl (C=S) groups is 1. The molecule has 0 bridgehead atoms. The summed E-state index contributed by atoms with van der Waals surface area (Å²) in [4.78, 5) is 0.367. The Morgan fingerprint density at radius 3 is 2.33 bits per heavy atom. The van der Waals surface area contributed by atoms with Crippen molar-refractivity contribution in [2.75, 3.05) is 13.2 Å². The molecule has 0 atom stereocenters. The van der Waals surface area contributed by atoms with E-state index in [2.05, 4.69) is 0 Å². The number of rotatable bonds is 7. The molecule has 2 N–H and O–H groups in total. The molecule has 0 spiro atoms. The molecule has 110 valence electrons. The van der Waals surface area contributed by atoms with Gasteiger partial charge >= 0.3 is 0 Å². The van der Waals surface area contributed by atoms with Crippen LogP contribution in [0.4, 0.5) is 0 Å². The molecule has 5 heteroatoms. The lowest BCUT2D eigenvalue weighted by atomic mass is 10.2. The Morgan fingerprint density at radius 2 is 1.67 bits per heavy atom. The summed E-state index contributed by atoms with van der Waals surface area (Å²) in [6.07, 6.45) is 0.778. The van der Waals surface area contributed by atoms with Gasteiger partial charge in [0.05, 0.1) is 13.2 Å². The maximum Gasteiger partial charge on any atom is 0.119 e. The first-order chi connectivity index (χ1) is 10.1. The smallest absolute Gasteiger partial charge is 0.119 e. The Bertz CT molecular complexity index is 601. The zero-order valence-corrected chi connectivity index (χ0v) is 13.0. The summed E-state index contributed by atoms with van der Waals surface area (Å²) in [5.74, 6) is 1.56. The minimum atomic E-state index is 0.367. The van der Waals surface area contributed by atoms with Crippen molar-refractivity contribution in [2.45, 2.75) is 6.42 Å². The Hall–Kier alpha value is -1.78. The summed E-state index contributed by atoms with van der Waals surface area (Å²) in [5.41, 5.74) is 6.39. The number of nitrogens with two attached hydrogens (primary N) is 1. The van der Waals surface area contributed by atoms with E-state index in [1.165, 1.54) is 0 Å². The quantitative estimate of drug-likeness (QED) is 0.622. The topological polar surface area (TPSA) is 44.5 Å². The van der Waals surface area contributed by atoms with Gasteiger partial charge in [0.25, 0.3) is 0 Å². The minimum absolute atomic E-state index is 0.367. The highest BCUT2D eigenvalue weighted by atomic mass is 35.5. The second-order valence-electron chi connectivity index (χ2n) is 4.40. The molecule has 0 fully saturated rings.